The van der Waals surface area contributed by atoms with Crippen LogP contribution in [-0.2, 0) is 11.3 Å². The Hall–Kier alpha value is -2.57. The monoisotopic (exact) mass is 569 g/mol. The van der Waals surface area contributed by atoms with Crippen LogP contribution >= 0.6 is 24.8 Å². The first kappa shape index (κ1) is 31.0. The van der Waals surface area contributed by atoms with Crippen LogP contribution in [0.3, 0.4) is 0 Å². The molecule has 1 amide bonds. The third-order valence-electron chi connectivity index (χ3n) is 8.47. The second-order valence-electron chi connectivity index (χ2n) is 10.9. The summed E-state index contributed by atoms with van der Waals surface area (Å²) >= 11 is 0. The number of ether oxygens (including phenoxy) is 1. The van der Waals surface area contributed by atoms with Crippen molar-refractivity contribution in [3.05, 3.63) is 101 Å². The third-order valence-corrected chi connectivity index (χ3v) is 8.47. The van der Waals surface area contributed by atoms with E-state index in [-0.39, 0.29) is 60.6 Å². The van der Waals surface area contributed by atoms with E-state index in [9.17, 15) is 4.79 Å². The van der Waals surface area contributed by atoms with Crippen LogP contribution in [0.4, 0.5) is 0 Å². The number of amides is 1. The molecule has 3 aliphatic rings. The number of halogens is 2. The average molecular weight is 571 g/mol. The van der Waals surface area contributed by atoms with Gasteiger partial charge < -0.3 is 15.8 Å². The van der Waals surface area contributed by atoms with Crippen LogP contribution in [0.15, 0.2) is 78.9 Å². The van der Waals surface area contributed by atoms with Gasteiger partial charge in [0.1, 0.15) is 5.75 Å². The molecular formula is C32H41Cl2N3O2. The second-order valence-corrected chi connectivity index (χ2v) is 10.9. The SMILES string of the molecule is COc1ccc(C(C)C)cc1CNC1C2CCN(CC2C(N)=O)C1C(c1ccccc1)c1ccccc1.Cl.Cl. The predicted molar refractivity (Wildman–Crippen MR) is 163 cm³/mol. The Bertz CT molecular complexity index is 1170. The number of nitrogens with zero attached hydrogens (tertiary/aromatic N) is 1. The Kier molecular flexibility index (Phi) is 10.9. The average Bonchev–Trinajstić information content (AvgIpc) is 2.93. The molecule has 0 aromatic heterocycles. The molecule has 0 spiro atoms. The largest absolute Gasteiger partial charge is 0.496 e. The summed E-state index contributed by atoms with van der Waals surface area (Å²) in [6, 6.07) is 28.4. The van der Waals surface area contributed by atoms with Gasteiger partial charge in [0.15, 0.2) is 0 Å². The number of fused-ring (bicyclic) bond motifs is 3. The quantitative estimate of drug-likeness (QED) is 0.344. The molecule has 2 bridgehead atoms. The normalized spacial score (nSPS) is 23.7. The second kappa shape index (κ2) is 13.7. The first-order valence-electron chi connectivity index (χ1n) is 13.5. The van der Waals surface area contributed by atoms with Crippen molar-refractivity contribution in [3.63, 3.8) is 0 Å². The van der Waals surface area contributed by atoms with Gasteiger partial charge in [-0.15, -0.1) is 24.8 Å². The fourth-order valence-corrected chi connectivity index (χ4v) is 6.60. The Morgan fingerprint density at radius 1 is 0.974 bits per heavy atom. The van der Waals surface area contributed by atoms with E-state index in [4.69, 9.17) is 10.5 Å². The standard InChI is InChI=1S/C32H39N3O2.2ClH/c1-21(2)24-14-15-28(37-3)25(18-24)19-34-30-26-16-17-35(20-27(26)32(33)36)31(30)29(22-10-6-4-7-11-22)23-12-8-5-9-13-23;;/h4-15,18,21,26-27,29-31,34H,16-17,19-20H2,1-3H3,(H2,33,36);2*1H. The molecule has 7 heteroatoms. The molecule has 0 saturated carbocycles. The lowest BCUT2D eigenvalue weighted by molar-refractivity contribution is -0.132. The topological polar surface area (TPSA) is 67.6 Å². The van der Waals surface area contributed by atoms with Gasteiger partial charge in [0.25, 0.3) is 0 Å². The van der Waals surface area contributed by atoms with Crippen molar-refractivity contribution in [1.82, 2.24) is 10.2 Å². The van der Waals surface area contributed by atoms with E-state index in [2.05, 4.69) is 103 Å². The first-order chi connectivity index (χ1) is 18.0. The van der Waals surface area contributed by atoms with Crippen molar-refractivity contribution in [3.8, 4) is 5.75 Å². The first-order valence-corrected chi connectivity index (χ1v) is 13.5. The third kappa shape index (κ3) is 6.44. The summed E-state index contributed by atoms with van der Waals surface area (Å²) in [6.07, 6.45) is 0.973. The highest BCUT2D eigenvalue weighted by Crippen LogP contribution is 2.44. The Balaban J connectivity index is 0.00000210. The minimum atomic E-state index is -0.185. The van der Waals surface area contributed by atoms with Crippen LogP contribution in [0.25, 0.3) is 0 Å². The highest BCUT2D eigenvalue weighted by atomic mass is 35.5. The van der Waals surface area contributed by atoms with Crippen LogP contribution in [0.5, 0.6) is 5.75 Å². The molecule has 5 atom stereocenters. The van der Waals surface area contributed by atoms with Crippen molar-refractivity contribution < 1.29 is 9.53 Å². The number of benzene rings is 3. The number of primary amides is 1. The van der Waals surface area contributed by atoms with E-state index in [1.54, 1.807) is 7.11 Å². The number of carbonyl (C=O) groups is 1. The maximum Gasteiger partial charge on any atom is 0.222 e. The van der Waals surface area contributed by atoms with E-state index < -0.39 is 0 Å². The molecule has 3 aliphatic heterocycles. The molecule has 3 fully saturated rings. The molecule has 3 N–H and O–H groups in total. The van der Waals surface area contributed by atoms with Gasteiger partial charge >= 0.3 is 0 Å². The number of hydrogen-bond donors (Lipinski definition) is 2. The van der Waals surface area contributed by atoms with E-state index >= 15 is 0 Å². The fraction of sp³-hybridized carbons (Fsp3) is 0.406. The molecule has 39 heavy (non-hydrogen) atoms. The summed E-state index contributed by atoms with van der Waals surface area (Å²) in [6.45, 7) is 6.82. The van der Waals surface area contributed by atoms with Crippen LogP contribution < -0.4 is 15.8 Å². The number of piperidine rings is 3. The van der Waals surface area contributed by atoms with Crippen molar-refractivity contribution in [1.29, 1.82) is 0 Å². The zero-order valence-electron chi connectivity index (χ0n) is 23.0. The molecule has 3 aromatic carbocycles. The predicted octanol–water partition coefficient (Wildman–Crippen LogP) is 5.76. The minimum absolute atomic E-state index is 0. The summed E-state index contributed by atoms with van der Waals surface area (Å²) in [7, 11) is 1.73. The van der Waals surface area contributed by atoms with Gasteiger partial charge in [-0.3, -0.25) is 9.69 Å². The van der Waals surface area contributed by atoms with Crippen LogP contribution in [0.1, 0.15) is 54.4 Å². The summed E-state index contributed by atoms with van der Waals surface area (Å²) in [5, 5.41) is 3.94. The smallest absolute Gasteiger partial charge is 0.222 e. The molecule has 5 unspecified atom stereocenters. The summed E-state index contributed by atoms with van der Waals surface area (Å²) < 4.78 is 5.73. The van der Waals surface area contributed by atoms with Gasteiger partial charge in [0.2, 0.25) is 5.91 Å². The number of nitrogens with two attached hydrogens (primary N) is 1. The summed E-state index contributed by atoms with van der Waals surface area (Å²) in [5.74, 6) is 1.38. The zero-order valence-corrected chi connectivity index (χ0v) is 24.6. The van der Waals surface area contributed by atoms with Gasteiger partial charge in [0, 0.05) is 36.7 Å². The van der Waals surface area contributed by atoms with Crippen molar-refractivity contribution in [2.75, 3.05) is 20.2 Å². The summed E-state index contributed by atoms with van der Waals surface area (Å²) in [5.41, 5.74) is 11.0. The molecule has 5 nitrogen and oxygen atoms in total. The van der Waals surface area contributed by atoms with Crippen molar-refractivity contribution in [2.45, 2.75) is 50.7 Å². The van der Waals surface area contributed by atoms with Gasteiger partial charge in [0.05, 0.1) is 13.0 Å². The highest BCUT2D eigenvalue weighted by Gasteiger charge is 2.51. The molecule has 210 valence electrons. The Labute approximate surface area is 245 Å². The summed E-state index contributed by atoms with van der Waals surface area (Å²) in [4.78, 5) is 15.1. The van der Waals surface area contributed by atoms with Gasteiger partial charge in [-0.2, -0.15) is 0 Å². The lowest BCUT2D eigenvalue weighted by Gasteiger charge is -2.56. The Morgan fingerprint density at radius 3 is 2.13 bits per heavy atom. The van der Waals surface area contributed by atoms with Crippen LogP contribution in [0, 0.1) is 11.8 Å². The number of carbonyl (C=O) groups excluding carboxylic acids is 1. The fourth-order valence-electron chi connectivity index (χ4n) is 6.60. The molecule has 6 rings (SSSR count). The minimum Gasteiger partial charge on any atom is -0.496 e. The van der Waals surface area contributed by atoms with E-state index in [0.717, 1.165) is 30.8 Å². The highest BCUT2D eigenvalue weighted by molar-refractivity contribution is 5.85. The molecule has 3 saturated heterocycles. The van der Waals surface area contributed by atoms with Crippen molar-refractivity contribution >= 4 is 30.7 Å². The number of nitrogens with one attached hydrogen (secondary N) is 1. The zero-order chi connectivity index (χ0) is 25.9. The van der Waals surface area contributed by atoms with Crippen LogP contribution in [0.2, 0.25) is 0 Å². The van der Waals surface area contributed by atoms with Gasteiger partial charge in [-0.25, -0.2) is 0 Å². The molecule has 0 radical (unpaired) electrons. The van der Waals surface area contributed by atoms with Crippen molar-refractivity contribution in [2.24, 2.45) is 17.6 Å². The van der Waals surface area contributed by atoms with E-state index in [1.165, 1.54) is 16.7 Å². The lowest BCUT2D eigenvalue weighted by atomic mass is 9.66. The maximum absolute atomic E-state index is 12.5. The number of hydrogen-bond acceptors (Lipinski definition) is 4. The number of rotatable bonds is 9. The maximum atomic E-state index is 12.5. The number of methoxy groups -OCH3 is 1. The van der Waals surface area contributed by atoms with E-state index in [1.807, 2.05) is 0 Å². The molecule has 3 heterocycles. The molecule has 3 aromatic rings. The van der Waals surface area contributed by atoms with E-state index in [0.29, 0.717) is 12.5 Å². The molecular weight excluding hydrogens is 529 g/mol. The Morgan fingerprint density at radius 2 is 1.59 bits per heavy atom. The van der Waals surface area contributed by atoms with Gasteiger partial charge in [-0.05, 0) is 47.6 Å². The lowest BCUT2D eigenvalue weighted by Crippen LogP contribution is -2.68. The van der Waals surface area contributed by atoms with Gasteiger partial charge in [-0.1, -0.05) is 86.6 Å². The molecule has 0 aliphatic carbocycles. The van der Waals surface area contributed by atoms with Crippen LogP contribution in [-0.4, -0.2) is 43.1 Å².